The van der Waals surface area contributed by atoms with E-state index in [0.717, 1.165) is 95.4 Å². The first-order valence-corrected chi connectivity index (χ1v) is 21.8. The van der Waals surface area contributed by atoms with Crippen LogP contribution in [0.25, 0.3) is 0 Å². The Morgan fingerprint density at radius 1 is 0.952 bits per heavy atom. The van der Waals surface area contributed by atoms with Crippen molar-refractivity contribution in [3.63, 3.8) is 0 Å². The number of hydrogen-bond donors (Lipinski definition) is 4. The summed E-state index contributed by atoms with van der Waals surface area (Å²) < 4.78 is 50.9. The smallest absolute Gasteiger partial charge is 0.342 e. The summed E-state index contributed by atoms with van der Waals surface area (Å²) in [6.07, 6.45) is 9.98. The highest BCUT2D eigenvalue weighted by atomic mass is 19.3. The van der Waals surface area contributed by atoms with Crippen molar-refractivity contribution in [3.8, 4) is 5.75 Å². The molecule has 1 atom stereocenters. The SMILES string of the molecule is COc1cc(C(=O)NC2CCN(CCC3CCN(c4ccc(NC5CCC(=O)NC5=O)cc4F)CC3)CC2)ccc1Nc1ncc2c(n1)N(C1CCCC1)CC(F)(F)C(=O)N2C. The number of carbonyl (C=O) groups is 4. The summed E-state index contributed by atoms with van der Waals surface area (Å²) in [4.78, 5) is 65.6. The third-order valence-corrected chi connectivity index (χ3v) is 13.1. The average molecular weight is 861 g/mol. The van der Waals surface area contributed by atoms with Crippen LogP contribution in [-0.4, -0.2) is 116 Å². The van der Waals surface area contributed by atoms with Crippen LogP contribution in [0.1, 0.15) is 81.0 Å². The number of benzene rings is 2. The number of likely N-dealkylation sites (tertiary alicyclic amines) is 1. The van der Waals surface area contributed by atoms with Gasteiger partial charge in [0, 0.05) is 63.0 Å². The highest BCUT2D eigenvalue weighted by Gasteiger charge is 2.49. The Morgan fingerprint density at radius 3 is 2.42 bits per heavy atom. The molecule has 0 bridgehead atoms. The third-order valence-electron chi connectivity index (χ3n) is 13.1. The van der Waals surface area contributed by atoms with E-state index >= 15 is 13.2 Å². The quantitative estimate of drug-likeness (QED) is 0.171. The fraction of sp³-hybridized carbons (Fsp3) is 0.545. The van der Waals surface area contributed by atoms with Gasteiger partial charge < -0.3 is 40.3 Å². The maximum Gasteiger partial charge on any atom is 0.342 e. The highest BCUT2D eigenvalue weighted by Crippen LogP contribution is 2.40. The van der Waals surface area contributed by atoms with E-state index < -0.39 is 30.3 Å². The van der Waals surface area contributed by atoms with Gasteiger partial charge in [0.2, 0.25) is 17.8 Å². The number of rotatable bonds is 12. The number of nitrogens with one attached hydrogen (secondary N) is 4. The molecule has 5 heterocycles. The lowest BCUT2D eigenvalue weighted by molar-refractivity contribution is -0.140. The Bertz CT molecular complexity index is 2160. The summed E-state index contributed by atoms with van der Waals surface area (Å²) in [5.41, 5.74) is 2.20. The van der Waals surface area contributed by atoms with Gasteiger partial charge in [-0.2, -0.15) is 13.8 Å². The van der Waals surface area contributed by atoms with Gasteiger partial charge in [-0.25, -0.2) is 9.37 Å². The molecule has 62 heavy (non-hydrogen) atoms. The van der Waals surface area contributed by atoms with E-state index in [1.807, 2.05) is 0 Å². The standard InChI is InChI=1S/C44H55F3N10O5/c1-54-36-25-48-43(53-39(36)57(31-5-3-4-6-31)26-44(46,47)42(54)61)51-33-9-7-28(23-37(33)62-2)40(59)50-29-16-19-55(20-17-29)18-13-27-14-21-56(22-15-27)35-11-8-30(24-32(35)45)49-34-10-12-38(58)52-41(34)60/h7-9,11,23-25,27,29,31,34,49H,3-6,10,12-22,26H2,1-2H3,(H,50,59)(H,48,51,53)(H,52,58,60). The normalized spacial score (nSPS) is 21.7. The van der Waals surface area contributed by atoms with Crippen LogP contribution in [0.2, 0.25) is 0 Å². The van der Waals surface area contributed by atoms with Crippen LogP contribution in [0.4, 0.5) is 47.7 Å². The number of carbonyl (C=O) groups excluding carboxylic acids is 4. The largest absolute Gasteiger partial charge is 0.495 e. The van der Waals surface area contributed by atoms with Gasteiger partial charge in [-0.05, 0) is 100 Å². The van der Waals surface area contributed by atoms with Crippen LogP contribution in [0.5, 0.6) is 5.75 Å². The molecule has 3 saturated heterocycles. The Kier molecular flexibility index (Phi) is 12.7. The molecule has 0 radical (unpaired) electrons. The van der Waals surface area contributed by atoms with E-state index in [2.05, 4.69) is 41.0 Å². The number of hydrogen-bond acceptors (Lipinski definition) is 12. The van der Waals surface area contributed by atoms with Gasteiger partial charge in [0.25, 0.3) is 11.8 Å². The van der Waals surface area contributed by atoms with Crippen LogP contribution in [-0.2, 0) is 14.4 Å². The monoisotopic (exact) mass is 860 g/mol. The van der Waals surface area contributed by atoms with E-state index in [1.54, 1.807) is 35.2 Å². The fourth-order valence-corrected chi connectivity index (χ4v) is 9.44. The van der Waals surface area contributed by atoms with Gasteiger partial charge in [0.05, 0.1) is 31.2 Å². The lowest BCUT2D eigenvalue weighted by atomic mass is 9.92. The number of imide groups is 1. The molecule has 1 saturated carbocycles. The Balaban J connectivity index is 0.792. The van der Waals surface area contributed by atoms with Crippen molar-refractivity contribution in [2.45, 2.75) is 94.7 Å². The molecule has 3 aromatic rings. The van der Waals surface area contributed by atoms with E-state index in [9.17, 15) is 19.2 Å². The summed E-state index contributed by atoms with van der Waals surface area (Å²) in [6.45, 7) is 3.50. The molecule has 1 unspecified atom stereocenters. The van der Waals surface area contributed by atoms with Crippen molar-refractivity contribution in [1.82, 2.24) is 25.5 Å². The van der Waals surface area contributed by atoms with Crippen molar-refractivity contribution >= 4 is 58.1 Å². The number of amides is 4. The van der Waals surface area contributed by atoms with Crippen molar-refractivity contribution in [2.24, 2.45) is 5.92 Å². The van der Waals surface area contributed by atoms with E-state index in [-0.39, 0.29) is 53.6 Å². The summed E-state index contributed by atoms with van der Waals surface area (Å²) in [7, 11) is 2.81. The van der Waals surface area contributed by atoms with E-state index in [0.29, 0.717) is 40.7 Å². The molecule has 2 aromatic carbocycles. The molecule has 4 fully saturated rings. The summed E-state index contributed by atoms with van der Waals surface area (Å²) in [5.74, 6) is -4.76. The molecule has 1 aromatic heterocycles. The van der Waals surface area contributed by atoms with Crippen molar-refractivity contribution < 1.29 is 37.1 Å². The molecule has 18 heteroatoms. The predicted octanol–water partition coefficient (Wildman–Crippen LogP) is 5.45. The van der Waals surface area contributed by atoms with E-state index in [4.69, 9.17) is 4.74 Å². The van der Waals surface area contributed by atoms with Crippen LogP contribution >= 0.6 is 0 Å². The molecule has 0 spiro atoms. The minimum atomic E-state index is -3.58. The molecular weight excluding hydrogens is 806 g/mol. The Hall–Kier alpha value is -5.65. The Labute approximate surface area is 359 Å². The second kappa shape index (κ2) is 18.4. The number of anilines is 6. The summed E-state index contributed by atoms with van der Waals surface area (Å²) >= 11 is 0. The molecule has 8 rings (SSSR count). The number of fused-ring (bicyclic) bond motifs is 1. The predicted molar refractivity (Wildman–Crippen MR) is 229 cm³/mol. The first-order valence-electron chi connectivity index (χ1n) is 21.8. The summed E-state index contributed by atoms with van der Waals surface area (Å²) in [6, 6.07) is 9.29. The minimum absolute atomic E-state index is 0.0273. The second-order valence-electron chi connectivity index (χ2n) is 17.2. The van der Waals surface area contributed by atoms with Crippen LogP contribution in [0.15, 0.2) is 42.6 Å². The summed E-state index contributed by atoms with van der Waals surface area (Å²) in [5, 5.41) is 11.7. The van der Waals surface area contributed by atoms with Crippen LogP contribution in [0.3, 0.4) is 0 Å². The molecule has 332 valence electrons. The number of nitrogens with zero attached hydrogens (tertiary/aromatic N) is 6. The first-order chi connectivity index (χ1) is 29.8. The van der Waals surface area contributed by atoms with Crippen molar-refractivity contribution in [1.29, 1.82) is 0 Å². The van der Waals surface area contributed by atoms with Gasteiger partial charge >= 0.3 is 5.92 Å². The fourth-order valence-electron chi connectivity index (χ4n) is 9.44. The molecule has 4 aliphatic heterocycles. The first kappa shape index (κ1) is 43.0. The maximum atomic E-state index is 15.2. The molecule has 1 aliphatic carbocycles. The lowest BCUT2D eigenvalue weighted by Crippen LogP contribution is -2.48. The van der Waals surface area contributed by atoms with Gasteiger partial charge in [0.1, 0.15) is 23.3 Å². The average Bonchev–Trinajstić information content (AvgIpc) is 3.79. The zero-order valence-corrected chi connectivity index (χ0v) is 35.2. The number of alkyl halides is 2. The van der Waals surface area contributed by atoms with Gasteiger partial charge in [-0.15, -0.1) is 0 Å². The van der Waals surface area contributed by atoms with Crippen molar-refractivity contribution in [2.75, 3.05) is 78.8 Å². The maximum absolute atomic E-state index is 15.2. The number of methoxy groups -OCH3 is 1. The minimum Gasteiger partial charge on any atom is -0.495 e. The molecule has 15 nitrogen and oxygen atoms in total. The molecule has 5 aliphatic rings. The number of ether oxygens (including phenoxy) is 1. The van der Waals surface area contributed by atoms with Crippen LogP contribution < -0.4 is 40.7 Å². The lowest BCUT2D eigenvalue weighted by Gasteiger charge is -2.36. The molecule has 4 N–H and O–H groups in total. The van der Waals surface area contributed by atoms with Crippen LogP contribution in [0, 0.1) is 11.7 Å². The van der Waals surface area contributed by atoms with Gasteiger partial charge in [-0.1, -0.05) is 12.8 Å². The third kappa shape index (κ3) is 9.54. The number of aromatic nitrogens is 2. The zero-order valence-electron chi connectivity index (χ0n) is 35.2. The van der Waals surface area contributed by atoms with E-state index in [1.165, 1.54) is 26.4 Å². The second-order valence-corrected chi connectivity index (χ2v) is 17.2. The number of piperidine rings is 3. The zero-order chi connectivity index (χ0) is 43.5. The number of halogens is 3. The molecular formula is C44H55F3N10O5. The topological polar surface area (TPSA) is 164 Å². The highest BCUT2D eigenvalue weighted by molar-refractivity contribution is 6.02. The van der Waals surface area contributed by atoms with Crippen molar-refractivity contribution in [3.05, 3.63) is 54.0 Å². The Morgan fingerprint density at radius 2 is 1.71 bits per heavy atom. The molecule has 4 amide bonds. The van der Waals surface area contributed by atoms with Gasteiger partial charge in [-0.3, -0.25) is 24.5 Å². The van der Waals surface area contributed by atoms with Gasteiger partial charge in [0.15, 0.2) is 5.82 Å².